The Labute approximate surface area is 107 Å². The largest absolute Gasteiger partial charge is 0.0530 e. The van der Waals surface area contributed by atoms with Gasteiger partial charge in [-0.25, -0.2) is 0 Å². The first-order valence-corrected chi connectivity index (χ1v) is 8.43. The zero-order valence-electron chi connectivity index (χ0n) is 11.2. The van der Waals surface area contributed by atoms with Gasteiger partial charge in [-0.15, -0.1) is 0 Å². The fourth-order valence-electron chi connectivity index (χ4n) is 6.42. The Morgan fingerprint density at radius 3 is 1.88 bits per heavy atom. The minimum atomic E-state index is 1.16. The molecule has 0 N–H and O–H groups in total. The molecule has 0 spiro atoms. The zero-order valence-corrected chi connectivity index (χ0v) is 11.2. The molecular weight excluding hydrogens is 204 g/mol. The first-order chi connectivity index (χ1) is 8.43. The van der Waals surface area contributed by atoms with Crippen LogP contribution in [0.2, 0.25) is 0 Å². The molecular formula is C17H28. The molecule has 4 saturated carbocycles. The molecule has 0 heterocycles. The maximum Gasteiger partial charge on any atom is -0.0349 e. The summed E-state index contributed by atoms with van der Waals surface area (Å²) >= 11 is 0. The normalized spacial score (nSPS) is 53.6. The number of rotatable bonds is 0. The molecule has 4 rings (SSSR count). The fraction of sp³-hybridized carbons (Fsp3) is 1.00. The van der Waals surface area contributed by atoms with Crippen LogP contribution in [0.5, 0.6) is 0 Å². The van der Waals surface area contributed by atoms with E-state index in [0.717, 1.165) is 5.92 Å². The van der Waals surface area contributed by atoms with Crippen LogP contribution in [0.15, 0.2) is 0 Å². The van der Waals surface area contributed by atoms with Crippen molar-refractivity contribution >= 4 is 0 Å². The molecule has 4 fully saturated rings. The molecule has 96 valence electrons. The predicted molar refractivity (Wildman–Crippen MR) is 71.7 cm³/mol. The van der Waals surface area contributed by atoms with Crippen LogP contribution in [0.25, 0.3) is 0 Å². The first-order valence-electron chi connectivity index (χ1n) is 8.43. The van der Waals surface area contributed by atoms with E-state index in [1.54, 1.807) is 70.6 Å². The molecule has 0 radical (unpaired) electrons. The summed E-state index contributed by atoms with van der Waals surface area (Å²) in [5, 5.41) is 0. The minimum Gasteiger partial charge on any atom is -0.0530 e. The molecule has 0 amide bonds. The maximum atomic E-state index is 1.65. The van der Waals surface area contributed by atoms with Crippen LogP contribution in [0.1, 0.15) is 70.6 Å². The van der Waals surface area contributed by atoms with Gasteiger partial charge in [0.1, 0.15) is 0 Å². The van der Waals surface area contributed by atoms with Crippen LogP contribution in [0.3, 0.4) is 0 Å². The number of hydrogen-bond donors (Lipinski definition) is 0. The van der Waals surface area contributed by atoms with Crippen molar-refractivity contribution in [3.63, 3.8) is 0 Å². The molecule has 17 heavy (non-hydrogen) atoms. The Balaban J connectivity index is 1.56. The number of fused-ring (bicyclic) bond motifs is 5. The van der Waals surface area contributed by atoms with E-state index >= 15 is 0 Å². The molecule has 0 saturated heterocycles. The van der Waals surface area contributed by atoms with Gasteiger partial charge in [-0.3, -0.25) is 0 Å². The highest BCUT2D eigenvalue weighted by Gasteiger charge is 2.50. The van der Waals surface area contributed by atoms with Gasteiger partial charge in [-0.05, 0) is 67.6 Å². The van der Waals surface area contributed by atoms with Crippen molar-refractivity contribution in [1.29, 1.82) is 0 Å². The fourth-order valence-corrected chi connectivity index (χ4v) is 6.42. The molecule has 0 aromatic carbocycles. The summed E-state index contributed by atoms with van der Waals surface area (Å²) in [5.74, 6) is 7.04. The van der Waals surface area contributed by atoms with E-state index in [9.17, 15) is 0 Å². The monoisotopic (exact) mass is 232 g/mol. The van der Waals surface area contributed by atoms with Crippen LogP contribution >= 0.6 is 0 Å². The van der Waals surface area contributed by atoms with Crippen molar-refractivity contribution in [3.05, 3.63) is 0 Å². The summed E-state index contributed by atoms with van der Waals surface area (Å²) in [6.45, 7) is 0. The summed E-state index contributed by atoms with van der Waals surface area (Å²) in [4.78, 5) is 0. The van der Waals surface area contributed by atoms with Crippen molar-refractivity contribution in [2.24, 2.45) is 35.5 Å². The van der Waals surface area contributed by atoms with Crippen LogP contribution in [0.4, 0.5) is 0 Å². The highest BCUT2D eigenvalue weighted by molar-refractivity contribution is 5.00. The topological polar surface area (TPSA) is 0 Å². The smallest absolute Gasteiger partial charge is 0.0349 e. The average molecular weight is 232 g/mol. The van der Waals surface area contributed by atoms with Gasteiger partial charge in [0.25, 0.3) is 0 Å². The second kappa shape index (κ2) is 4.28. The third-order valence-corrected chi connectivity index (χ3v) is 7.03. The van der Waals surface area contributed by atoms with E-state index in [-0.39, 0.29) is 0 Å². The molecule has 0 aromatic rings. The zero-order chi connectivity index (χ0) is 11.2. The van der Waals surface area contributed by atoms with Gasteiger partial charge in [-0.2, -0.15) is 0 Å². The minimum absolute atomic E-state index is 1.16. The summed E-state index contributed by atoms with van der Waals surface area (Å²) in [6, 6.07) is 0. The molecule has 0 aliphatic heterocycles. The van der Waals surface area contributed by atoms with Gasteiger partial charge in [0.05, 0.1) is 0 Å². The van der Waals surface area contributed by atoms with Gasteiger partial charge in [0.2, 0.25) is 0 Å². The van der Waals surface area contributed by atoms with E-state index in [1.165, 1.54) is 29.6 Å². The molecule has 4 aliphatic carbocycles. The summed E-state index contributed by atoms with van der Waals surface area (Å²) in [7, 11) is 0. The Morgan fingerprint density at radius 1 is 0.412 bits per heavy atom. The SMILES string of the molecule is C1CCC2C(C1)CC1C3CCCCC3CCC21. The summed E-state index contributed by atoms with van der Waals surface area (Å²) in [5.41, 5.74) is 0. The van der Waals surface area contributed by atoms with E-state index in [1.807, 2.05) is 0 Å². The third-order valence-electron chi connectivity index (χ3n) is 7.03. The van der Waals surface area contributed by atoms with E-state index in [0.29, 0.717) is 0 Å². The van der Waals surface area contributed by atoms with Gasteiger partial charge >= 0.3 is 0 Å². The molecule has 6 unspecified atom stereocenters. The van der Waals surface area contributed by atoms with Crippen molar-refractivity contribution in [2.75, 3.05) is 0 Å². The lowest BCUT2D eigenvalue weighted by atomic mass is 9.61. The molecule has 0 heteroatoms. The van der Waals surface area contributed by atoms with E-state index in [2.05, 4.69) is 0 Å². The summed E-state index contributed by atoms with van der Waals surface area (Å²) < 4.78 is 0. The van der Waals surface area contributed by atoms with Crippen LogP contribution in [-0.2, 0) is 0 Å². The Kier molecular flexibility index (Phi) is 2.74. The first kappa shape index (κ1) is 10.9. The number of hydrogen-bond acceptors (Lipinski definition) is 0. The molecule has 0 nitrogen and oxygen atoms in total. The molecule has 6 atom stereocenters. The Bertz CT molecular complexity index is 282. The van der Waals surface area contributed by atoms with Gasteiger partial charge in [-0.1, -0.05) is 38.5 Å². The highest BCUT2D eigenvalue weighted by atomic mass is 14.6. The standard InChI is InChI=1S/C17H28/c1-3-7-14-12(5-1)9-10-16-15-8-4-2-6-13(15)11-17(14)16/h12-17H,1-11H2. The Hall–Kier alpha value is 0. The van der Waals surface area contributed by atoms with Crippen molar-refractivity contribution in [3.8, 4) is 0 Å². The average Bonchev–Trinajstić information content (AvgIpc) is 2.78. The lowest BCUT2D eigenvalue weighted by Gasteiger charge is -2.44. The second-order valence-electron chi connectivity index (χ2n) is 7.56. The van der Waals surface area contributed by atoms with Crippen LogP contribution in [0, 0.1) is 35.5 Å². The molecule has 0 bridgehead atoms. The van der Waals surface area contributed by atoms with Crippen molar-refractivity contribution < 1.29 is 0 Å². The van der Waals surface area contributed by atoms with E-state index in [4.69, 9.17) is 0 Å². The van der Waals surface area contributed by atoms with Crippen molar-refractivity contribution in [1.82, 2.24) is 0 Å². The maximum absolute atomic E-state index is 1.65. The van der Waals surface area contributed by atoms with Crippen LogP contribution in [-0.4, -0.2) is 0 Å². The third kappa shape index (κ3) is 1.70. The van der Waals surface area contributed by atoms with Crippen molar-refractivity contribution in [2.45, 2.75) is 70.6 Å². The summed E-state index contributed by atoms with van der Waals surface area (Å²) in [6.07, 6.45) is 17.5. The molecule has 4 aliphatic rings. The van der Waals surface area contributed by atoms with Gasteiger partial charge in [0.15, 0.2) is 0 Å². The second-order valence-corrected chi connectivity index (χ2v) is 7.56. The molecule has 0 aromatic heterocycles. The Morgan fingerprint density at radius 2 is 1.06 bits per heavy atom. The highest BCUT2D eigenvalue weighted by Crippen LogP contribution is 2.59. The van der Waals surface area contributed by atoms with Gasteiger partial charge in [0, 0.05) is 0 Å². The lowest BCUT2D eigenvalue weighted by molar-refractivity contribution is 0.0558. The predicted octanol–water partition coefficient (Wildman–Crippen LogP) is 5.03. The van der Waals surface area contributed by atoms with E-state index < -0.39 is 0 Å². The van der Waals surface area contributed by atoms with Crippen LogP contribution < -0.4 is 0 Å². The lowest BCUT2D eigenvalue weighted by Crippen LogP contribution is -2.35. The quantitative estimate of drug-likeness (QED) is 0.549. The van der Waals surface area contributed by atoms with Gasteiger partial charge < -0.3 is 0 Å².